The molecule has 2 fully saturated rings. The van der Waals surface area contributed by atoms with Gasteiger partial charge in [-0.3, -0.25) is 0 Å². The third-order valence-corrected chi connectivity index (χ3v) is 7.11. The van der Waals surface area contributed by atoms with Gasteiger partial charge in [-0.05, 0) is 36.8 Å². The van der Waals surface area contributed by atoms with E-state index >= 15 is 0 Å². The average molecular weight is 395 g/mol. The Bertz CT molecular complexity index is 779. The van der Waals surface area contributed by atoms with E-state index in [-0.39, 0.29) is 0 Å². The van der Waals surface area contributed by atoms with E-state index in [1.165, 1.54) is 38.8 Å². The zero-order valence-corrected chi connectivity index (χ0v) is 17.3. The van der Waals surface area contributed by atoms with Gasteiger partial charge in [-0.2, -0.15) is 0 Å². The molecule has 4 nitrogen and oxygen atoms in total. The van der Waals surface area contributed by atoms with Crippen molar-refractivity contribution in [1.82, 2.24) is 0 Å². The Labute approximate surface area is 173 Å². The Morgan fingerprint density at radius 2 is 1.55 bits per heavy atom. The average Bonchev–Trinajstić information content (AvgIpc) is 2.77. The maximum atomic E-state index is 13.3. The number of esters is 1. The quantitative estimate of drug-likeness (QED) is 0.618. The highest BCUT2D eigenvalue weighted by Crippen LogP contribution is 2.37. The lowest BCUT2D eigenvalue weighted by atomic mass is 9.81. The largest absolute Gasteiger partial charge is 0.462 e. The first kappa shape index (κ1) is 20.1. The van der Waals surface area contributed by atoms with E-state index in [0.717, 1.165) is 10.9 Å². The number of rotatable bonds is 5. The van der Waals surface area contributed by atoms with Crippen molar-refractivity contribution in [3.05, 3.63) is 71.8 Å². The number of hydrogen-bond donors (Lipinski definition) is 1. The van der Waals surface area contributed by atoms with Crippen molar-refractivity contribution in [3.8, 4) is 0 Å². The molecule has 0 spiro atoms. The summed E-state index contributed by atoms with van der Waals surface area (Å²) in [4.78, 5) is 13.3. The topological polar surface area (TPSA) is 46.5 Å². The summed E-state index contributed by atoms with van der Waals surface area (Å²) in [5.74, 6) is -0.209. The van der Waals surface area contributed by atoms with Crippen LogP contribution in [0.4, 0.5) is 0 Å². The summed E-state index contributed by atoms with van der Waals surface area (Å²) in [6.45, 7) is 2.85. The van der Waals surface area contributed by atoms with Gasteiger partial charge in [0.1, 0.15) is 0 Å². The first-order valence-corrected chi connectivity index (χ1v) is 10.9. The molecule has 0 radical (unpaired) electrons. The van der Waals surface area contributed by atoms with Crippen LogP contribution < -0.4 is 0 Å². The number of aliphatic hydroxyl groups is 1. The Balaban J connectivity index is 1.55. The molecule has 0 bridgehead atoms. The van der Waals surface area contributed by atoms with E-state index in [4.69, 9.17) is 4.74 Å². The lowest BCUT2D eigenvalue weighted by Gasteiger charge is -2.51. The minimum atomic E-state index is -1.79. The predicted molar refractivity (Wildman–Crippen MR) is 113 cm³/mol. The van der Waals surface area contributed by atoms with Gasteiger partial charge in [0.15, 0.2) is 0 Å². The van der Waals surface area contributed by atoms with Crippen LogP contribution in [0.2, 0.25) is 0 Å². The molecule has 2 saturated heterocycles. The zero-order valence-electron chi connectivity index (χ0n) is 17.3. The molecular weight excluding hydrogens is 362 g/mol. The van der Waals surface area contributed by atoms with Gasteiger partial charge in [-0.1, -0.05) is 60.7 Å². The molecular formula is C25H32NO3+. The summed E-state index contributed by atoms with van der Waals surface area (Å²) >= 11 is 0. The molecule has 0 aromatic heterocycles. The SMILES string of the molecule is C[N+]12CCCCC1C(COC(=O)C(O)(c1ccccc1)c1ccccc1)CCC2. The van der Waals surface area contributed by atoms with Crippen LogP contribution in [0.1, 0.15) is 43.2 Å². The number of quaternary nitrogens is 1. The zero-order chi connectivity index (χ0) is 20.3. The number of benzene rings is 2. The molecule has 29 heavy (non-hydrogen) atoms. The second kappa shape index (κ2) is 8.29. The number of carbonyl (C=O) groups excluding carboxylic acids is 1. The highest BCUT2D eigenvalue weighted by Gasteiger charge is 2.46. The molecule has 4 heteroatoms. The maximum Gasteiger partial charge on any atom is 0.347 e. The molecule has 0 amide bonds. The van der Waals surface area contributed by atoms with Crippen LogP contribution in [0.15, 0.2) is 60.7 Å². The van der Waals surface area contributed by atoms with Gasteiger partial charge in [0.25, 0.3) is 0 Å². The van der Waals surface area contributed by atoms with Crippen molar-refractivity contribution in [2.75, 3.05) is 26.7 Å². The van der Waals surface area contributed by atoms with E-state index in [2.05, 4.69) is 7.05 Å². The molecule has 2 aromatic rings. The Morgan fingerprint density at radius 1 is 0.966 bits per heavy atom. The molecule has 3 unspecified atom stereocenters. The molecule has 2 aromatic carbocycles. The number of hydrogen-bond acceptors (Lipinski definition) is 3. The third kappa shape index (κ3) is 3.84. The molecule has 0 aliphatic carbocycles. The van der Waals surface area contributed by atoms with E-state index in [0.29, 0.717) is 29.7 Å². The van der Waals surface area contributed by atoms with Gasteiger partial charge < -0.3 is 14.3 Å². The van der Waals surface area contributed by atoms with E-state index in [1.54, 1.807) is 24.3 Å². The predicted octanol–water partition coefficient (Wildman–Crippen LogP) is 3.87. The second-order valence-corrected chi connectivity index (χ2v) is 8.93. The van der Waals surface area contributed by atoms with Crippen molar-refractivity contribution in [2.24, 2.45) is 5.92 Å². The molecule has 2 heterocycles. The summed E-state index contributed by atoms with van der Waals surface area (Å²) in [6.07, 6.45) is 6.04. The number of fused-ring (bicyclic) bond motifs is 1. The standard InChI is InChI=1S/C25H32NO3/c1-26-17-9-8-16-23(26)20(11-10-18-26)19-29-24(27)25(28,21-12-4-2-5-13-21)22-14-6-3-7-15-22/h2-7,12-15,20,23,28H,8-11,16-19H2,1H3/q+1. The van der Waals surface area contributed by atoms with Crippen molar-refractivity contribution in [3.63, 3.8) is 0 Å². The molecule has 2 aliphatic heterocycles. The summed E-state index contributed by atoms with van der Waals surface area (Å²) < 4.78 is 6.97. The van der Waals surface area contributed by atoms with Gasteiger partial charge in [0, 0.05) is 12.3 Å². The second-order valence-electron chi connectivity index (χ2n) is 8.93. The molecule has 0 saturated carbocycles. The maximum absolute atomic E-state index is 13.3. The molecule has 1 N–H and O–H groups in total. The van der Waals surface area contributed by atoms with Gasteiger partial charge >= 0.3 is 5.97 Å². The molecule has 4 rings (SSSR count). The number of piperidine rings is 2. The lowest BCUT2D eigenvalue weighted by molar-refractivity contribution is -0.947. The molecule has 2 aliphatic rings. The van der Waals surface area contributed by atoms with Crippen molar-refractivity contribution < 1.29 is 19.1 Å². The van der Waals surface area contributed by atoms with E-state index in [1.807, 2.05) is 36.4 Å². The number of ether oxygens (including phenoxy) is 1. The molecule has 154 valence electrons. The number of carbonyl (C=O) groups is 1. The van der Waals surface area contributed by atoms with E-state index in [9.17, 15) is 9.90 Å². The van der Waals surface area contributed by atoms with Crippen LogP contribution in [-0.4, -0.2) is 48.3 Å². The van der Waals surface area contributed by atoms with Crippen LogP contribution in [0.5, 0.6) is 0 Å². The summed E-state index contributed by atoms with van der Waals surface area (Å²) in [5.41, 5.74) is -0.710. The Hall–Kier alpha value is -2.17. The number of nitrogens with zero attached hydrogens (tertiary/aromatic N) is 1. The van der Waals surface area contributed by atoms with E-state index < -0.39 is 11.6 Å². The first-order valence-electron chi connectivity index (χ1n) is 10.9. The van der Waals surface area contributed by atoms with Crippen LogP contribution in [0, 0.1) is 5.92 Å². The fraction of sp³-hybridized carbons (Fsp3) is 0.480. The highest BCUT2D eigenvalue weighted by atomic mass is 16.5. The summed E-state index contributed by atoms with van der Waals surface area (Å²) in [6, 6.07) is 18.8. The fourth-order valence-electron chi connectivity index (χ4n) is 5.48. The smallest absolute Gasteiger partial charge is 0.347 e. The van der Waals surface area contributed by atoms with Crippen LogP contribution in [-0.2, 0) is 15.1 Å². The van der Waals surface area contributed by atoms with Gasteiger partial charge in [-0.15, -0.1) is 0 Å². The monoisotopic (exact) mass is 394 g/mol. The van der Waals surface area contributed by atoms with Crippen LogP contribution in [0.3, 0.4) is 0 Å². The first-order chi connectivity index (χ1) is 14.0. The lowest BCUT2D eigenvalue weighted by Crippen LogP contribution is -2.61. The Kier molecular flexibility index (Phi) is 5.75. The van der Waals surface area contributed by atoms with Crippen LogP contribution in [0.25, 0.3) is 0 Å². The summed E-state index contributed by atoms with van der Waals surface area (Å²) in [5, 5.41) is 11.6. The Morgan fingerprint density at radius 3 is 2.17 bits per heavy atom. The van der Waals surface area contributed by atoms with Crippen LogP contribution >= 0.6 is 0 Å². The third-order valence-electron chi connectivity index (χ3n) is 7.11. The van der Waals surface area contributed by atoms with Crippen molar-refractivity contribution >= 4 is 5.97 Å². The van der Waals surface area contributed by atoms with Gasteiger partial charge in [-0.25, -0.2) is 4.79 Å². The molecule has 3 atom stereocenters. The van der Waals surface area contributed by atoms with Crippen molar-refractivity contribution in [2.45, 2.75) is 43.7 Å². The van der Waals surface area contributed by atoms with Gasteiger partial charge in [0.2, 0.25) is 5.60 Å². The minimum Gasteiger partial charge on any atom is -0.462 e. The fourth-order valence-corrected chi connectivity index (χ4v) is 5.48. The van der Waals surface area contributed by atoms with Gasteiger partial charge in [0.05, 0.1) is 32.8 Å². The normalized spacial score (nSPS) is 27.1. The van der Waals surface area contributed by atoms with Crippen molar-refractivity contribution in [1.29, 1.82) is 0 Å². The minimum absolute atomic E-state index is 0.369. The highest BCUT2D eigenvalue weighted by molar-refractivity contribution is 5.85. The summed E-state index contributed by atoms with van der Waals surface area (Å²) in [7, 11) is 2.36.